The second-order valence-electron chi connectivity index (χ2n) is 10.2. The van der Waals surface area contributed by atoms with E-state index in [4.69, 9.17) is 4.74 Å². The van der Waals surface area contributed by atoms with Crippen molar-refractivity contribution < 1.29 is 9.84 Å². The number of aryl methyl sites for hydroxylation is 1. The molecule has 6 atom stereocenters. The van der Waals surface area contributed by atoms with E-state index in [1.54, 1.807) is 7.11 Å². The van der Waals surface area contributed by atoms with Gasteiger partial charge in [0.1, 0.15) is 11.4 Å². The molecule has 1 aromatic heterocycles. The summed E-state index contributed by atoms with van der Waals surface area (Å²) in [6, 6.07) is 17.0. The first-order chi connectivity index (χ1) is 15.6. The largest absolute Gasteiger partial charge is 0.497 e. The fraction of sp³-hybridized carbons (Fsp3) is 0.481. The molecular weight excluding hydrogens is 398 g/mol. The third kappa shape index (κ3) is 2.94. The zero-order chi connectivity index (χ0) is 21.9. The number of fused-ring (bicyclic) bond motifs is 5. The molecular formula is C27H31N3O2. The Hall–Kier alpha value is -2.66. The van der Waals surface area contributed by atoms with Crippen molar-refractivity contribution in [2.24, 2.45) is 17.3 Å². The van der Waals surface area contributed by atoms with Gasteiger partial charge in [-0.05, 0) is 78.5 Å². The molecule has 1 N–H and O–H groups in total. The molecule has 2 aromatic carbocycles. The number of methoxy groups -OCH3 is 1. The third-order valence-electron chi connectivity index (χ3n) is 8.79. The maximum absolute atomic E-state index is 11.2. The summed E-state index contributed by atoms with van der Waals surface area (Å²) in [5.41, 5.74) is 4.86. The number of aliphatic hydroxyl groups is 1. The standard InChI is InChI=1S/C27H31N3O2/c1-27-13-12-21-20-11-9-19(32-2)14-18(20)8-10-22(21)26(27)24(15-25(27)31)30-16-23(28-29-30)17-6-4-3-5-7-17/h3-7,9,11,14,16,21-22,24-26,31H,8,10,12-13,15H2,1-2H3/t21-,22-,24-,25+,26-,27-/m1/s1. The Balaban J connectivity index is 1.36. The van der Waals surface area contributed by atoms with E-state index in [9.17, 15) is 5.11 Å². The van der Waals surface area contributed by atoms with Gasteiger partial charge in [0.2, 0.25) is 0 Å². The van der Waals surface area contributed by atoms with Crippen LogP contribution in [0, 0.1) is 17.3 Å². The Morgan fingerprint density at radius 2 is 1.97 bits per heavy atom. The number of hydrogen-bond donors (Lipinski definition) is 1. The zero-order valence-electron chi connectivity index (χ0n) is 18.8. The topological polar surface area (TPSA) is 60.2 Å². The molecule has 2 saturated carbocycles. The lowest BCUT2D eigenvalue weighted by Gasteiger charge is -2.51. The maximum Gasteiger partial charge on any atom is 0.119 e. The quantitative estimate of drug-likeness (QED) is 0.635. The lowest BCUT2D eigenvalue weighted by atomic mass is 9.55. The van der Waals surface area contributed by atoms with E-state index < -0.39 is 0 Å². The first-order valence-electron chi connectivity index (χ1n) is 11.9. The summed E-state index contributed by atoms with van der Waals surface area (Å²) < 4.78 is 7.54. The second-order valence-corrected chi connectivity index (χ2v) is 10.2. The van der Waals surface area contributed by atoms with Crippen LogP contribution in [0.3, 0.4) is 0 Å². The molecule has 0 unspecified atom stereocenters. The van der Waals surface area contributed by atoms with Gasteiger partial charge in [-0.2, -0.15) is 0 Å². The van der Waals surface area contributed by atoms with Gasteiger partial charge in [-0.1, -0.05) is 48.5 Å². The highest BCUT2D eigenvalue weighted by Crippen LogP contribution is 2.64. The van der Waals surface area contributed by atoms with Crippen LogP contribution in [0.5, 0.6) is 5.75 Å². The van der Waals surface area contributed by atoms with Crippen LogP contribution in [-0.4, -0.2) is 33.3 Å². The first-order valence-corrected chi connectivity index (χ1v) is 11.9. The number of ether oxygens (including phenoxy) is 1. The predicted octanol–water partition coefficient (Wildman–Crippen LogP) is 5.02. The molecule has 0 amide bonds. The Kier molecular flexibility index (Phi) is 4.65. The summed E-state index contributed by atoms with van der Waals surface area (Å²) >= 11 is 0. The Morgan fingerprint density at radius 3 is 2.78 bits per heavy atom. The van der Waals surface area contributed by atoms with E-state index in [1.165, 1.54) is 11.1 Å². The van der Waals surface area contributed by atoms with Gasteiger partial charge < -0.3 is 9.84 Å². The Bertz CT molecular complexity index is 1130. The monoisotopic (exact) mass is 429 g/mol. The van der Waals surface area contributed by atoms with Crippen molar-refractivity contribution in [2.75, 3.05) is 7.11 Å². The highest BCUT2D eigenvalue weighted by atomic mass is 16.5. The summed E-state index contributed by atoms with van der Waals surface area (Å²) in [5, 5.41) is 20.3. The molecule has 0 radical (unpaired) electrons. The van der Waals surface area contributed by atoms with E-state index >= 15 is 0 Å². The molecule has 3 aliphatic rings. The summed E-state index contributed by atoms with van der Waals surface area (Å²) in [6.07, 6.45) is 7.00. The average molecular weight is 430 g/mol. The summed E-state index contributed by atoms with van der Waals surface area (Å²) in [4.78, 5) is 0. The number of rotatable bonds is 3. The van der Waals surface area contributed by atoms with Crippen molar-refractivity contribution in [2.45, 2.75) is 57.1 Å². The van der Waals surface area contributed by atoms with Crippen LogP contribution in [0.15, 0.2) is 54.7 Å². The molecule has 0 spiro atoms. The fourth-order valence-electron chi connectivity index (χ4n) is 7.17. The lowest BCUT2D eigenvalue weighted by Crippen LogP contribution is -2.45. The van der Waals surface area contributed by atoms with Gasteiger partial charge in [0, 0.05) is 5.56 Å². The van der Waals surface area contributed by atoms with Gasteiger partial charge in [0.25, 0.3) is 0 Å². The summed E-state index contributed by atoms with van der Waals surface area (Å²) in [6.45, 7) is 2.32. The molecule has 5 heteroatoms. The minimum atomic E-state index is -0.292. The molecule has 0 bridgehead atoms. The van der Waals surface area contributed by atoms with Crippen molar-refractivity contribution in [1.29, 1.82) is 0 Å². The van der Waals surface area contributed by atoms with Crippen LogP contribution in [0.4, 0.5) is 0 Å². The molecule has 0 aliphatic heterocycles. The van der Waals surface area contributed by atoms with Crippen molar-refractivity contribution in [3.63, 3.8) is 0 Å². The average Bonchev–Trinajstić information content (AvgIpc) is 3.42. The van der Waals surface area contributed by atoms with Crippen LogP contribution in [0.25, 0.3) is 11.3 Å². The zero-order valence-corrected chi connectivity index (χ0v) is 18.8. The maximum atomic E-state index is 11.2. The summed E-state index contributed by atoms with van der Waals surface area (Å²) in [7, 11) is 1.74. The molecule has 5 nitrogen and oxygen atoms in total. The Morgan fingerprint density at radius 1 is 1.12 bits per heavy atom. The third-order valence-corrected chi connectivity index (χ3v) is 8.79. The van der Waals surface area contributed by atoms with Gasteiger partial charge >= 0.3 is 0 Å². The second kappa shape index (κ2) is 7.45. The number of aliphatic hydroxyl groups excluding tert-OH is 1. The van der Waals surface area contributed by atoms with E-state index in [1.807, 2.05) is 18.2 Å². The van der Waals surface area contributed by atoms with Gasteiger partial charge in [-0.3, -0.25) is 0 Å². The van der Waals surface area contributed by atoms with Crippen molar-refractivity contribution in [1.82, 2.24) is 15.0 Å². The smallest absolute Gasteiger partial charge is 0.119 e. The van der Waals surface area contributed by atoms with Crippen LogP contribution >= 0.6 is 0 Å². The van der Waals surface area contributed by atoms with E-state index in [-0.39, 0.29) is 17.6 Å². The van der Waals surface area contributed by atoms with Gasteiger partial charge in [-0.25, -0.2) is 4.68 Å². The minimum absolute atomic E-state index is 0.0608. The molecule has 0 saturated heterocycles. The van der Waals surface area contributed by atoms with Crippen molar-refractivity contribution in [3.8, 4) is 17.0 Å². The van der Waals surface area contributed by atoms with E-state index in [0.29, 0.717) is 17.8 Å². The van der Waals surface area contributed by atoms with Crippen LogP contribution < -0.4 is 4.74 Å². The van der Waals surface area contributed by atoms with Crippen molar-refractivity contribution >= 4 is 0 Å². The lowest BCUT2D eigenvalue weighted by molar-refractivity contribution is -0.0295. The highest BCUT2D eigenvalue weighted by molar-refractivity contribution is 5.57. The highest BCUT2D eigenvalue weighted by Gasteiger charge is 2.59. The SMILES string of the molecule is COc1ccc2c(c1)CC[C@H]1[C@@H]3[C@H](n4cc(-c5ccccc5)nn4)C[C@H](O)[C@@]3(C)CC[C@H]21. The molecule has 32 heavy (non-hydrogen) atoms. The van der Waals surface area contributed by atoms with Crippen molar-refractivity contribution in [3.05, 3.63) is 65.9 Å². The number of benzene rings is 2. The predicted molar refractivity (Wildman–Crippen MR) is 123 cm³/mol. The molecule has 3 aliphatic carbocycles. The van der Waals surface area contributed by atoms with Gasteiger partial charge in [-0.15, -0.1) is 5.10 Å². The van der Waals surface area contributed by atoms with E-state index in [0.717, 1.165) is 49.1 Å². The number of nitrogens with zero attached hydrogens (tertiary/aromatic N) is 3. The van der Waals surface area contributed by atoms with Crippen LogP contribution in [0.2, 0.25) is 0 Å². The fourth-order valence-corrected chi connectivity index (χ4v) is 7.17. The molecule has 1 heterocycles. The van der Waals surface area contributed by atoms with Gasteiger partial charge in [0.15, 0.2) is 0 Å². The normalized spacial score (nSPS) is 33.3. The van der Waals surface area contributed by atoms with E-state index in [2.05, 4.69) is 58.4 Å². The first kappa shape index (κ1) is 20.0. The van der Waals surface area contributed by atoms with Gasteiger partial charge in [0.05, 0.1) is 25.5 Å². The molecule has 3 aromatic rings. The molecule has 2 fully saturated rings. The molecule has 166 valence electrons. The van der Waals surface area contributed by atoms with Crippen LogP contribution in [-0.2, 0) is 6.42 Å². The Labute approximate surface area is 189 Å². The number of hydrogen-bond acceptors (Lipinski definition) is 4. The summed E-state index contributed by atoms with van der Waals surface area (Å²) in [5.74, 6) is 2.46. The molecule has 6 rings (SSSR count). The number of aromatic nitrogens is 3. The minimum Gasteiger partial charge on any atom is -0.497 e. The van der Waals surface area contributed by atoms with Crippen LogP contribution in [0.1, 0.15) is 55.7 Å².